The van der Waals surface area contributed by atoms with E-state index in [1.54, 1.807) is 0 Å². The molecule has 0 unspecified atom stereocenters. The Balaban J connectivity index is 0.961. The molecule has 0 aliphatic carbocycles. The first-order valence-corrected chi connectivity index (χ1v) is 25.5. The second kappa shape index (κ2) is 16.4. The van der Waals surface area contributed by atoms with Crippen LogP contribution in [0, 0.1) is 0 Å². The molecule has 0 saturated carbocycles. The molecule has 2 heteroatoms. The van der Waals surface area contributed by atoms with Gasteiger partial charge in [-0.05, 0) is 110 Å². The molecule has 1 aromatic heterocycles. The maximum atomic E-state index is 6.76. The van der Waals surface area contributed by atoms with Gasteiger partial charge in [-0.15, -0.1) is 0 Å². The fourth-order valence-corrected chi connectivity index (χ4v) is 15.9. The zero-order chi connectivity index (χ0) is 45.0. The summed E-state index contributed by atoms with van der Waals surface area (Å²) in [5, 5.41) is 15.2. The number of rotatable bonds is 8. The van der Waals surface area contributed by atoms with E-state index in [4.69, 9.17) is 4.42 Å². The molecule has 0 amide bonds. The van der Waals surface area contributed by atoms with Crippen molar-refractivity contribution in [1.29, 1.82) is 0 Å². The van der Waals surface area contributed by atoms with Gasteiger partial charge < -0.3 is 4.42 Å². The number of hydrogen-bond acceptors (Lipinski definition) is 1. The van der Waals surface area contributed by atoms with Crippen molar-refractivity contribution in [3.8, 4) is 44.5 Å². The summed E-state index contributed by atoms with van der Waals surface area (Å²) in [4.78, 5) is 0. The normalized spacial score (nSPS) is 11.8. The first kappa shape index (κ1) is 39.8. The van der Waals surface area contributed by atoms with Crippen molar-refractivity contribution < 1.29 is 4.42 Å². The average molecular weight is 881 g/mol. The number of para-hydroxylation sites is 1. The van der Waals surface area contributed by atoms with Crippen molar-refractivity contribution in [2.24, 2.45) is 0 Å². The van der Waals surface area contributed by atoms with Crippen LogP contribution in [-0.2, 0) is 0 Å². The SMILES string of the molecule is c1ccc([Si](c2ccccc2)(c2ccccc2)c2ccc(-c3cc(-c4ccc(-c5c6ccccc6c(-c6cccc7ccccc67)c6ccccc56)cc4)c4oc5ccccc5c4c3)cc2)cc1. The highest BCUT2D eigenvalue weighted by Crippen LogP contribution is 2.46. The number of benzene rings is 12. The average Bonchev–Trinajstić information content (AvgIpc) is 3.80. The molecule has 0 fully saturated rings. The van der Waals surface area contributed by atoms with Crippen molar-refractivity contribution in [3.05, 3.63) is 267 Å². The van der Waals surface area contributed by atoms with E-state index in [2.05, 4.69) is 267 Å². The third kappa shape index (κ3) is 6.37. The molecule has 0 N–H and O–H groups in total. The lowest BCUT2D eigenvalue weighted by atomic mass is 9.84. The zero-order valence-electron chi connectivity index (χ0n) is 37.3. The molecule has 0 aliphatic heterocycles. The highest BCUT2D eigenvalue weighted by Gasteiger charge is 2.41. The van der Waals surface area contributed by atoms with Gasteiger partial charge in [-0.25, -0.2) is 0 Å². The third-order valence-corrected chi connectivity index (χ3v) is 19.0. The molecule has 1 nitrogen and oxygen atoms in total. The lowest BCUT2D eigenvalue weighted by molar-refractivity contribution is 0.670. The third-order valence-electron chi connectivity index (χ3n) is 14.2. The summed E-state index contributed by atoms with van der Waals surface area (Å²) in [6.45, 7) is 0. The Morgan fingerprint density at radius 2 is 0.691 bits per heavy atom. The molecule has 12 aromatic carbocycles. The van der Waals surface area contributed by atoms with E-state index >= 15 is 0 Å². The van der Waals surface area contributed by atoms with Crippen LogP contribution in [0.5, 0.6) is 0 Å². The molecule has 0 radical (unpaired) electrons. The van der Waals surface area contributed by atoms with Crippen LogP contribution >= 0.6 is 0 Å². The monoisotopic (exact) mass is 880 g/mol. The summed E-state index contributed by atoms with van der Waals surface area (Å²) in [6.07, 6.45) is 0. The van der Waals surface area contributed by atoms with E-state index in [9.17, 15) is 0 Å². The van der Waals surface area contributed by atoms with Crippen LogP contribution in [-0.4, -0.2) is 8.07 Å². The van der Waals surface area contributed by atoms with Crippen molar-refractivity contribution in [2.75, 3.05) is 0 Å². The Kier molecular flexibility index (Phi) is 9.59. The van der Waals surface area contributed by atoms with Gasteiger partial charge in [0, 0.05) is 16.3 Å². The summed E-state index contributed by atoms with van der Waals surface area (Å²) in [5.74, 6) is 0. The van der Waals surface area contributed by atoms with Crippen LogP contribution in [0.25, 0.3) is 98.8 Å². The minimum Gasteiger partial charge on any atom is -0.455 e. The van der Waals surface area contributed by atoms with Gasteiger partial charge in [0.1, 0.15) is 11.2 Å². The lowest BCUT2D eigenvalue weighted by Gasteiger charge is -2.34. The molecular formula is C66H44OSi. The van der Waals surface area contributed by atoms with Crippen molar-refractivity contribution >= 4 is 83.1 Å². The Morgan fingerprint density at radius 3 is 1.28 bits per heavy atom. The minimum absolute atomic E-state index is 0.890. The maximum Gasteiger partial charge on any atom is 0.179 e. The van der Waals surface area contributed by atoms with Gasteiger partial charge in [0.25, 0.3) is 0 Å². The molecule has 0 saturated heterocycles. The largest absolute Gasteiger partial charge is 0.455 e. The highest BCUT2D eigenvalue weighted by atomic mass is 28.3. The van der Waals surface area contributed by atoms with E-state index in [0.29, 0.717) is 0 Å². The van der Waals surface area contributed by atoms with Gasteiger partial charge in [0.2, 0.25) is 0 Å². The zero-order valence-corrected chi connectivity index (χ0v) is 38.3. The van der Waals surface area contributed by atoms with E-state index in [1.807, 2.05) is 0 Å². The molecule has 0 atom stereocenters. The van der Waals surface area contributed by atoms with Crippen LogP contribution in [0.15, 0.2) is 271 Å². The predicted octanol–water partition coefficient (Wildman–Crippen LogP) is 15.1. The smallest absolute Gasteiger partial charge is 0.179 e. The van der Waals surface area contributed by atoms with Gasteiger partial charge >= 0.3 is 0 Å². The predicted molar refractivity (Wildman–Crippen MR) is 292 cm³/mol. The fraction of sp³-hybridized carbons (Fsp3) is 0. The molecule has 13 aromatic rings. The molecule has 13 rings (SSSR count). The number of furan rings is 1. The molecule has 318 valence electrons. The minimum atomic E-state index is -2.67. The van der Waals surface area contributed by atoms with Gasteiger partial charge in [0.05, 0.1) is 0 Å². The quantitative estimate of drug-likeness (QED) is 0.0842. The van der Waals surface area contributed by atoms with E-state index < -0.39 is 8.07 Å². The number of hydrogen-bond donors (Lipinski definition) is 0. The van der Waals surface area contributed by atoms with Crippen LogP contribution in [0.2, 0.25) is 0 Å². The van der Waals surface area contributed by atoms with Crippen LogP contribution in [0.3, 0.4) is 0 Å². The van der Waals surface area contributed by atoms with Crippen molar-refractivity contribution in [3.63, 3.8) is 0 Å². The molecule has 0 bridgehead atoms. The van der Waals surface area contributed by atoms with Crippen molar-refractivity contribution in [1.82, 2.24) is 0 Å². The maximum absolute atomic E-state index is 6.76. The van der Waals surface area contributed by atoms with Gasteiger partial charge in [-0.3, -0.25) is 0 Å². The Labute approximate surface area is 396 Å². The summed E-state index contributed by atoms with van der Waals surface area (Å²) < 4.78 is 6.76. The Hall–Kier alpha value is -8.56. The van der Waals surface area contributed by atoms with Gasteiger partial charge in [-0.2, -0.15) is 0 Å². The molecule has 68 heavy (non-hydrogen) atoms. The van der Waals surface area contributed by atoms with Crippen LogP contribution in [0.1, 0.15) is 0 Å². The molecular weight excluding hydrogens is 837 g/mol. The van der Waals surface area contributed by atoms with E-state index in [0.717, 1.165) is 38.6 Å². The van der Waals surface area contributed by atoms with E-state index in [-0.39, 0.29) is 0 Å². The fourth-order valence-electron chi connectivity index (χ4n) is 11.2. The Bertz CT molecular complexity index is 3830. The van der Waals surface area contributed by atoms with E-state index in [1.165, 1.54) is 80.9 Å². The molecule has 0 spiro atoms. The molecule has 1 heterocycles. The van der Waals surface area contributed by atoms with Crippen LogP contribution < -0.4 is 20.7 Å². The second-order valence-electron chi connectivity index (χ2n) is 17.9. The second-order valence-corrected chi connectivity index (χ2v) is 21.7. The molecule has 0 aliphatic rings. The van der Waals surface area contributed by atoms with Gasteiger partial charge in [-0.1, -0.05) is 249 Å². The summed E-state index contributed by atoms with van der Waals surface area (Å²) in [6, 6.07) is 98.3. The summed E-state index contributed by atoms with van der Waals surface area (Å²) >= 11 is 0. The lowest BCUT2D eigenvalue weighted by Crippen LogP contribution is -2.74. The standard InChI is InChI=1S/C66H44OSi/c1-4-21-50(22-5-1)68(51-23-6-2-7-24-51,52-25-8-3-9-26-52)53-41-39-45(40-42-53)49-43-61(66-62(44-49)55-28-16-17-34-63(55)67-66)47-35-37-48(38-36-47)64-57-29-12-14-31-59(57)65(60-32-15-13-30-58(60)64)56-33-18-20-46-19-10-11-27-54(46)56/h1-44H. The highest BCUT2D eigenvalue weighted by molar-refractivity contribution is 7.19. The first-order chi connectivity index (χ1) is 33.7. The Morgan fingerprint density at radius 1 is 0.250 bits per heavy atom. The first-order valence-electron chi connectivity index (χ1n) is 23.5. The number of fused-ring (bicyclic) bond motifs is 6. The summed E-state index contributed by atoms with van der Waals surface area (Å²) in [7, 11) is -2.67. The topological polar surface area (TPSA) is 13.1 Å². The summed E-state index contributed by atoms with van der Waals surface area (Å²) in [5.41, 5.74) is 11.3. The van der Waals surface area contributed by atoms with Crippen molar-refractivity contribution in [2.45, 2.75) is 0 Å². The van der Waals surface area contributed by atoms with Crippen LogP contribution in [0.4, 0.5) is 0 Å². The van der Waals surface area contributed by atoms with Gasteiger partial charge in [0.15, 0.2) is 8.07 Å².